The smallest absolute Gasteiger partial charge is 0.140 e. The Bertz CT molecular complexity index is 6.00. The first-order valence-electron chi connectivity index (χ1n) is 0.632. The molecule has 0 aromatic carbocycles. The number of rotatable bonds is 0. The van der Waals surface area contributed by atoms with Crippen LogP contribution in [0.2, 0.25) is 0 Å². The number of aliphatic hydroxyl groups is 2. The molecule has 0 rings (SSSR count). The van der Waals surface area contributed by atoms with Crippen LogP contribution >= 0.6 is 0 Å². The predicted octanol–water partition coefficient (Wildman–Crippen LogP) is -1.07. The SMILES string of the molecule is OCO.[Rf]. The van der Waals surface area contributed by atoms with Crippen molar-refractivity contribution in [1.82, 2.24) is 0 Å². The van der Waals surface area contributed by atoms with E-state index in [-0.39, 0.29) is 0 Å². The molecule has 0 fully saturated rings. The molecule has 4 heavy (non-hydrogen) atoms. The maximum absolute atomic E-state index is 7.12. The van der Waals surface area contributed by atoms with E-state index >= 15 is 0 Å². The minimum absolute atomic E-state index is 0. The summed E-state index contributed by atoms with van der Waals surface area (Å²) in [6.07, 6.45) is 0. The zero-order valence-corrected chi connectivity index (χ0v) is 8.71. The molecule has 0 aliphatic heterocycles. The first kappa shape index (κ1) is 12.7. The Kier molecular flexibility index (Phi) is 807. The molecule has 3 heteroatoms. The van der Waals surface area contributed by atoms with Gasteiger partial charge in [0.2, 0.25) is 0 Å². The molecule has 0 atom stereocenters. The second-order valence-corrected chi connectivity index (χ2v) is 0.141. The third-order valence-electron chi connectivity index (χ3n) is 0. The minimum atomic E-state index is -0.750. The summed E-state index contributed by atoms with van der Waals surface area (Å²) in [5, 5.41) is 14.2. The van der Waals surface area contributed by atoms with E-state index in [1.54, 1.807) is 0 Å². The Morgan fingerprint density at radius 3 is 1.25 bits per heavy atom. The van der Waals surface area contributed by atoms with Crippen LogP contribution in [0.3, 0.4) is 0 Å². The van der Waals surface area contributed by atoms with E-state index in [1.165, 1.54) is 0 Å². The maximum Gasteiger partial charge on any atom is 0.140 e. The van der Waals surface area contributed by atoms with Crippen molar-refractivity contribution in [3.8, 4) is 0 Å². The van der Waals surface area contributed by atoms with Crippen molar-refractivity contribution in [3.63, 3.8) is 0 Å². The van der Waals surface area contributed by atoms with E-state index in [4.69, 9.17) is 10.2 Å². The number of hydrogen-bond acceptors (Lipinski definition) is 2. The van der Waals surface area contributed by atoms with Gasteiger partial charge in [-0.15, -0.1) is 0 Å². The summed E-state index contributed by atoms with van der Waals surface area (Å²) >= 11 is 0. The van der Waals surface area contributed by atoms with Crippen LogP contribution in [0.5, 0.6) is 0 Å². The fraction of sp³-hybridized carbons (Fsp3) is 1.00. The van der Waals surface area contributed by atoms with Crippen LogP contribution in [0.1, 0.15) is 0 Å². The quantitative estimate of drug-likeness (QED) is 0.559. The molecular weight excluding hydrogens is 311 g/mol. The van der Waals surface area contributed by atoms with E-state index in [0.717, 1.165) is 0 Å². The maximum atomic E-state index is 7.12. The van der Waals surface area contributed by atoms with E-state index in [9.17, 15) is 0 Å². The third kappa shape index (κ3) is 0.00505. The molecule has 0 aliphatic carbocycles. The second kappa shape index (κ2) is 254. The van der Waals surface area contributed by atoms with Crippen LogP contribution in [-0.4, -0.2) is 17.0 Å². The molecule has 0 bridgehead atoms. The Hall–Kier alpha value is -1.08. The molecule has 0 saturated carbocycles. The summed E-state index contributed by atoms with van der Waals surface area (Å²) in [5.41, 5.74) is 0. The van der Waals surface area contributed by atoms with Gasteiger partial charge >= 0.3 is 0 Å². The van der Waals surface area contributed by atoms with Crippen LogP contribution in [-0.2, 0) is 0 Å². The van der Waals surface area contributed by atoms with Gasteiger partial charge in [-0.1, -0.05) is 0 Å². The Labute approximate surface area is 18.3 Å². The van der Waals surface area contributed by atoms with Crippen molar-refractivity contribution < 1.29 is 10.2 Å². The number of hydrogen-bond donors (Lipinski definition) is 2. The summed E-state index contributed by atoms with van der Waals surface area (Å²) in [7, 11) is 0. The zero-order chi connectivity index (χ0) is 2.71. The molecule has 0 aromatic rings. The van der Waals surface area contributed by atoms with Crippen molar-refractivity contribution in [2.45, 2.75) is 0 Å². The Morgan fingerprint density at radius 2 is 1.25 bits per heavy atom. The molecular formula is CH4O2Rf. The van der Waals surface area contributed by atoms with Gasteiger partial charge in [0.15, 0.2) is 0 Å². The molecule has 0 aromatic heterocycles. The molecule has 0 saturated heterocycles. The number of aliphatic hydroxyl groups excluding tert-OH is 1. The molecule has 0 amide bonds. The van der Waals surface area contributed by atoms with Crippen LogP contribution in [0, 0.1) is 0 Å². The summed E-state index contributed by atoms with van der Waals surface area (Å²) in [6.45, 7) is -0.750. The van der Waals surface area contributed by atoms with E-state index in [2.05, 4.69) is 0 Å². The largest absolute Gasteiger partial charge is 0.371 e. The van der Waals surface area contributed by atoms with Gasteiger partial charge < -0.3 is 10.2 Å². The van der Waals surface area contributed by atoms with Crippen molar-refractivity contribution in [3.05, 3.63) is 0 Å². The van der Waals surface area contributed by atoms with E-state index < -0.39 is 6.79 Å². The monoisotopic (exact) mass is 315 g/mol. The van der Waals surface area contributed by atoms with Crippen molar-refractivity contribution in [2.75, 3.05) is 6.79 Å². The van der Waals surface area contributed by atoms with Crippen LogP contribution < -0.4 is 0 Å². The van der Waals surface area contributed by atoms with Crippen molar-refractivity contribution >= 4 is 0 Å². The molecule has 2 nitrogen and oxygen atoms in total. The average Bonchev–Trinajstić information content (AvgIpc) is 0.918. The fourth-order valence-corrected chi connectivity index (χ4v) is 0. The van der Waals surface area contributed by atoms with Gasteiger partial charge in [0, 0.05) is 0 Å². The van der Waals surface area contributed by atoms with Crippen LogP contribution in [0.25, 0.3) is 0 Å². The Balaban J connectivity index is 0. The minimum Gasteiger partial charge on any atom is -0.371 e. The molecule has 0 spiro atoms. The van der Waals surface area contributed by atoms with Crippen molar-refractivity contribution in [2.24, 2.45) is 0 Å². The topological polar surface area (TPSA) is 40.5 Å². The molecule has 2 N–H and O–H groups in total. The average molecular weight is 315 g/mol. The van der Waals surface area contributed by atoms with E-state index in [1.807, 2.05) is 0 Å². The molecule has 0 unspecified atom stereocenters. The Morgan fingerprint density at radius 1 is 1.25 bits per heavy atom. The summed E-state index contributed by atoms with van der Waals surface area (Å²) in [4.78, 5) is 0. The molecule has 0 heterocycles. The van der Waals surface area contributed by atoms with Gasteiger partial charge in [-0.25, -0.2) is 0 Å². The fourth-order valence-electron chi connectivity index (χ4n) is 0. The van der Waals surface area contributed by atoms with Gasteiger partial charge in [-0.3, -0.25) is 0 Å². The van der Waals surface area contributed by atoms with Gasteiger partial charge in [-0.05, 0) is 0 Å². The summed E-state index contributed by atoms with van der Waals surface area (Å²) in [5.74, 6) is 0. The van der Waals surface area contributed by atoms with E-state index in [0.29, 0.717) is 0 Å². The van der Waals surface area contributed by atoms with Gasteiger partial charge in [-0.2, -0.15) is 0 Å². The predicted molar refractivity (Wildman–Crippen MR) is 9.30 cm³/mol. The van der Waals surface area contributed by atoms with Gasteiger partial charge in [0.25, 0.3) is 0 Å². The first-order valence-corrected chi connectivity index (χ1v) is 0.632. The summed E-state index contributed by atoms with van der Waals surface area (Å²) in [6, 6.07) is 0. The molecule has 22 valence electrons. The van der Waals surface area contributed by atoms with Crippen molar-refractivity contribution in [1.29, 1.82) is 0 Å². The van der Waals surface area contributed by atoms with Gasteiger partial charge in [0.1, 0.15) is 6.79 Å². The van der Waals surface area contributed by atoms with Crippen LogP contribution in [0.15, 0.2) is 0 Å². The third-order valence-corrected chi connectivity index (χ3v) is 0. The zero-order valence-electron chi connectivity index (χ0n) is 2.31. The standard InChI is InChI=1S/CH4O2.Rf/c2-1-3;/h2-3H,1H2;. The molecule has 0 radical (unpaired) electrons. The summed E-state index contributed by atoms with van der Waals surface area (Å²) < 4.78 is 0. The molecule has 0 aliphatic rings. The first-order chi connectivity index (χ1) is 1.41. The van der Waals surface area contributed by atoms with Gasteiger partial charge in [0.05, 0.1) is 0 Å². The second-order valence-electron chi connectivity index (χ2n) is 0.141. The van der Waals surface area contributed by atoms with Crippen LogP contribution in [0.4, 0.5) is 0 Å². The normalized spacial score (nSPS) is 4.50.